The van der Waals surface area contributed by atoms with Crippen LogP contribution in [0.25, 0.3) is 0 Å². The van der Waals surface area contributed by atoms with Gasteiger partial charge in [0.1, 0.15) is 5.82 Å². The van der Waals surface area contributed by atoms with Gasteiger partial charge in [0, 0.05) is 12.6 Å². The first-order chi connectivity index (χ1) is 8.73. The highest BCUT2D eigenvalue weighted by atomic mass is 32.2. The molecule has 4 nitrogen and oxygen atoms in total. The summed E-state index contributed by atoms with van der Waals surface area (Å²) in [6, 6.07) is 5.41. The summed E-state index contributed by atoms with van der Waals surface area (Å²) in [4.78, 5) is 13.7. The predicted molar refractivity (Wildman–Crippen MR) is 70.2 cm³/mol. The smallest absolute Gasteiger partial charge is 0.254 e. The van der Waals surface area contributed by atoms with Gasteiger partial charge in [0.25, 0.3) is 5.91 Å². The molecule has 2 rings (SSSR count). The molecule has 104 valence electrons. The van der Waals surface area contributed by atoms with Gasteiger partial charge in [-0.1, -0.05) is 6.07 Å². The lowest BCUT2D eigenvalue weighted by Crippen LogP contribution is -2.48. The summed E-state index contributed by atoms with van der Waals surface area (Å²) in [6.45, 7) is 1.74. The second kappa shape index (κ2) is 4.59. The van der Waals surface area contributed by atoms with Crippen molar-refractivity contribution in [3.05, 3.63) is 35.6 Å². The zero-order valence-electron chi connectivity index (χ0n) is 10.9. The van der Waals surface area contributed by atoms with E-state index in [0.29, 0.717) is 6.42 Å². The molecule has 1 unspecified atom stereocenters. The molecule has 1 amide bonds. The summed E-state index contributed by atoms with van der Waals surface area (Å²) >= 11 is 0. The van der Waals surface area contributed by atoms with E-state index in [0.717, 1.165) is 6.07 Å². The van der Waals surface area contributed by atoms with Crippen LogP contribution in [-0.4, -0.2) is 43.3 Å². The number of amides is 1. The summed E-state index contributed by atoms with van der Waals surface area (Å²) in [6.07, 6.45) is 0.410. The highest BCUT2D eigenvalue weighted by Crippen LogP contribution is 2.29. The molecule has 1 aliphatic rings. The van der Waals surface area contributed by atoms with Crippen molar-refractivity contribution in [3.8, 4) is 0 Å². The molecular weight excluding hydrogens is 269 g/mol. The SMILES string of the molecule is CN(C(=O)c1cccc(F)c1)C1(C)CCS(=O)(=O)C1. The van der Waals surface area contributed by atoms with Gasteiger partial charge in [0.2, 0.25) is 0 Å². The standard InChI is InChI=1S/C13H16FNO3S/c1-13(6-7-19(17,18)9-13)15(2)12(16)10-4-3-5-11(14)8-10/h3-5,8H,6-7,9H2,1-2H3. The molecule has 0 radical (unpaired) electrons. The van der Waals surface area contributed by atoms with E-state index in [1.165, 1.54) is 23.1 Å². The molecule has 0 saturated carbocycles. The van der Waals surface area contributed by atoms with Crippen LogP contribution in [0.2, 0.25) is 0 Å². The van der Waals surface area contributed by atoms with Gasteiger partial charge in [0.05, 0.1) is 17.0 Å². The molecule has 0 aliphatic carbocycles. The molecule has 1 aromatic carbocycles. The van der Waals surface area contributed by atoms with Gasteiger partial charge < -0.3 is 4.90 Å². The van der Waals surface area contributed by atoms with Crippen LogP contribution in [0.3, 0.4) is 0 Å². The molecular formula is C13H16FNO3S. The Balaban J connectivity index is 2.25. The minimum atomic E-state index is -3.09. The topological polar surface area (TPSA) is 54.5 Å². The van der Waals surface area contributed by atoms with Crippen LogP contribution >= 0.6 is 0 Å². The average molecular weight is 285 g/mol. The van der Waals surface area contributed by atoms with Gasteiger partial charge in [-0.05, 0) is 31.5 Å². The van der Waals surface area contributed by atoms with Crippen LogP contribution in [-0.2, 0) is 9.84 Å². The molecule has 1 fully saturated rings. The number of halogens is 1. The molecule has 1 aliphatic heterocycles. The van der Waals surface area contributed by atoms with Crippen molar-refractivity contribution < 1.29 is 17.6 Å². The Labute approximate surface area is 112 Å². The van der Waals surface area contributed by atoms with Gasteiger partial charge in [-0.2, -0.15) is 0 Å². The van der Waals surface area contributed by atoms with Crippen LogP contribution in [0, 0.1) is 5.82 Å². The summed E-state index contributed by atoms with van der Waals surface area (Å²) < 4.78 is 36.3. The van der Waals surface area contributed by atoms with Gasteiger partial charge in [-0.3, -0.25) is 4.79 Å². The molecule has 19 heavy (non-hydrogen) atoms. The van der Waals surface area contributed by atoms with Crippen molar-refractivity contribution in [2.24, 2.45) is 0 Å². The molecule has 0 aromatic heterocycles. The number of nitrogens with zero attached hydrogens (tertiary/aromatic N) is 1. The number of carbonyl (C=O) groups is 1. The zero-order valence-corrected chi connectivity index (χ0v) is 11.7. The van der Waals surface area contributed by atoms with Crippen molar-refractivity contribution >= 4 is 15.7 Å². The third-order valence-electron chi connectivity index (χ3n) is 3.67. The first kappa shape index (κ1) is 14.0. The maximum absolute atomic E-state index is 13.1. The van der Waals surface area contributed by atoms with Gasteiger partial charge >= 0.3 is 0 Å². The maximum atomic E-state index is 13.1. The van der Waals surface area contributed by atoms with Gasteiger partial charge in [-0.15, -0.1) is 0 Å². The number of carbonyl (C=O) groups excluding carboxylic acids is 1. The number of rotatable bonds is 2. The molecule has 1 saturated heterocycles. The molecule has 1 atom stereocenters. The normalized spacial score (nSPS) is 25.2. The Morgan fingerprint density at radius 1 is 1.42 bits per heavy atom. The summed E-state index contributed by atoms with van der Waals surface area (Å²) in [5.41, 5.74) is -0.490. The van der Waals surface area contributed by atoms with Crippen LogP contribution in [0.5, 0.6) is 0 Å². The Bertz CT molecular complexity index is 614. The summed E-state index contributed by atoms with van der Waals surface area (Å²) in [7, 11) is -1.53. The summed E-state index contributed by atoms with van der Waals surface area (Å²) in [5, 5.41) is 0. The summed E-state index contributed by atoms with van der Waals surface area (Å²) in [5.74, 6) is -0.801. The zero-order chi connectivity index (χ0) is 14.3. The van der Waals surface area contributed by atoms with E-state index in [1.807, 2.05) is 0 Å². The van der Waals surface area contributed by atoms with E-state index >= 15 is 0 Å². The predicted octanol–water partition coefficient (Wildman–Crippen LogP) is 1.47. The average Bonchev–Trinajstić information content (AvgIpc) is 2.63. The Hall–Kier alpha value is -1.43. The largest absolute Gasteiger partial charge is 0.335 e. The number of sulfone groups is 1. The molecule has 1 heterocycles. The lowest BCUT2D eigenvalue weighted by molar-refractivity contribution is 0.0638. The molecule has 6 heteroatoms. The first-order valence-electron chi connectivity index (χ1n) is 5.98. The van der Waals surface area contributed by atoms with Crippen molar-refractivity contribution in [1.82, 2.24) is 4.90 Å². The number of hydrogen-bond donors (Lipinski definition) is 0. The quantitative estimate of drug-likeness (QED) is 0.827. The lowest BCUT2D eigenvalue weighted by atomic mass is 9.99. The van der Waals surface area contributed by atoms with Crippen LogP contribution in [0.15, 0.2) is 24.3 Å². The first-order valence-corrected chi connectivity index (χ1v) is 7.80. The van der Waals surface area contributed by atoms with E-state index < -0.39 is 21.2 Å². The highest BCUT2D eigenvalue weighted by molar-refractivity contribution is 7.91. The van der Waals surface area contributed by atoms with E-state index in [-0.39, 0.29) is 23.0 Å². The van der Waals surface area contributed by atoms with Crippen molar-refractivity contribution in [2.75, 3.05) is 18.6 Å². The van der Waals surface area contributed by atoms with Crippen molar-refractivity contribution in [2.45, 2.75) is 18.9 Å². The van der Waals surface area contributed by atoms with Crippen molar-refractivity contribution in [1.29, 1.82) is 0 Å². The fourth-order valence-electron chi connectivity index (χ4n) is 2.32. The monoisotopic (exact) mass is 285 g/mol. The van der Waals surface area contributed by atoms with Gasteiger partial charge in [-0.25, -0.2) is 12.8 Å². The Kier molecular flexibility index (Phi) is 3.38. The number of hydrogen-bond acceptors (Lipinski definition) is 3. The highest BCUT2D eigenvalue weighted by Gasteiger charge is 2.43. The third kappa shape index (κ3) is 2.78. The minimum absolute atomic E-state index is 0.0441. The maximum Gasteiger partial charge on any atom is 0.254 e. The van der Waals surface area contributed by atoms with Gasteiger partial charge in [0.15, 0.2) is 9.84 Å². The minimum Gasteiger partial charge on any atom is -0.335 e. The van der Waals surface area contributed by atoms with E-state index in [9.17, 15) is 17.6 Å². The van der Waals surface area contributed by atoms with Crippen LogP contribution in [0.1, 0.15) is 23.7 Å². The van der Waals surface area contributed by atoms with Crippen LogP contribution < -0.4 is 0 Å². The molecule has 0 N–H and O–H groups in total. The molecule has 1 aromatic rings. The van der Waals surface area contributed by atoms with E-state index in [4.69, 9.17) is 0 Å². The second-order valence-corrected chi connectivity index (χ2v) is 7.40. The second-order valence-electron chi connectivity index (χ2n) is 5.21. The van der Waals surface area contributed by atoms with E-state index in [2.05, 4.69) is 0 Å². The van der Waals surface area contributed by atoms with Crippen LogP contribution in [0.4, 0.5) is 4.39 Å². The van der Waals surface area contributed by atoms with E-state index in [1.54, 1.807) is 14.0 Å². The lowest BCUT2D eigenvalue weighted by Gasteiger charge is -2.34. The number of benzene rings is 1. The fraction of sp³-hybridized carbons (Fsp3) is 0.462. The third-order valence-corrected chi connectivity index (χ3v) is 5.56. The fourth-order valence-corrected chi connectivity index (χ4v) is 4.50. The Morgan fingerprint density at radius 2 is 2.11 bits per heavy atom. The molecule has 0 spiro atoms. The van der Waals surface area contributed by atoms with Crippen molar-refractivity contribution in [3.63, 3.8) is 0 Å². The molecule has 0 bridgehead atoms. The Morgan fingerprint density at radius 3 is 2.63 bits per heavy atom.